The molecular formula is C25H33BrO3. The molecule has 1 heterocycles. The second kappa shape index (κ2) is 11.8. The first-order valence-electron chi connectivity index (χ1n) is 10.8. The first-order valence-corrected chi connectivity index (χ1v) is 11.7. The van der Waals surface area contributed by atoms with Crippen molar-refractivity contribution in [3.8, 4) is 0 Å². The molecular weight excluding hydrogens is 428 g/mol. The predicted octanol–water partition coefficient (Wildman–Crippen LogP) is 5.68. The fraction of sp³-hybridized carbons (Fsp3) is 0.520. The Hall–Kier alpha value is -1.20. The normalized spacial score (nSPS) is 24.2. The van der Waals surface area contributed by atoms with Crippen LogP contribution in [0.3, 0.4) is 0 Å². The van der Waals surface area contributed by atoms with E-state index in [1.807, 2.05) is 18.2 Å². The van der Waals surface area contributed by atoms with E-state index in [2.05, 4.69) is 65.3 Å². The molecule has 2 aromatic carbocycles. The van der Waals surface area contributed by atoms with Gasteiger partial charge in [-0.2, -0.15) is 0 Å². The van der Waals surface area contributed by atoms with E-state index in [1.54, 1.807) is 0 Å². The molecule has 3 unspecified atom stereocenters. The number of ether oxygens (including phenoxy) is 2. The van der Waals surface area contributed by atoms with E-state index in [0.717, 1.165) is 37.7 Å². The molecule has 0 aliphatic carbocycles. The van der Waals surface area contributed by atoms with Crippen LogP contribution >= 0.6 is 15.9 Å². The van der Waals surface area contributed by atoms with Crippen LogP contribution in [0, 0.1) is 0 Å². The number of benzene rings is 2. The molecule has 1 aliphatic heterocycles. The van der Waals surface area contributed by atoms with Crippen LogP contribution in [0.2, 0.25) is 0 Å². The third-order valence-electron chi connectivity index (χ3n) is 5.66. The van der Waals surface area contributed by atoms with Gasteiger partial charge < -0.3 is 14.6 Å². The monoisotopic (exact) mass is 460 g/mol. The van der Waals surface area contributed by atoms with E-state index in [0.29, 0.717) is 17.9 Å². The summed E-state index contributed by atoms with van der Waals surface area (Å²) in [6.07, 6.45) is 5.04. The van der Waals surface area contributed by atoms with Crippen molar-refractivity contribution in [2.24, 2.45) is 0 Å². The van der Waals surface area contributed by atoms with Gasteiger partial charge in [0, 0.05) is 11.2 Å². The average molecular weight is 461 g/mol. The second-order valence-corrected chi connectivity index (χ2v) is 9.31. The van der Waals surface area contributed by atoms with Crippen LogP contribution in [0.15, 0.2) is 60.7 Å². The van der Waals surface area contributed by atoms with Crippen LogP contribution in [-0.4, -0.2) is 34.3 Å². The molecule has 0 aromatic heterocycles. The molecule has 5 atom stereocenters. The zero-order valence-electron chi connectivity index (χ0n) is 17.3. The molecule has 0 saturated carbocycles. The highest BCUT2D eigenvalue weighted by atomic mass is 79.9. The van der Waals surface area contributed by atoms with Crippen molar-refractivity contribution in [1.82, 2.24) is 0 Å². The molecule has 1 N–H and O–H groups in total. The van der Waals surface area contributed by atoms with E-state index >= 15 is 0 Å². The largest absolute Gasteiger partial charge is 0.390 e. The summed E-state index contributed by atoms with van der Waals surface area (Å²) in [5.74, 6) is 0. The Morgan fingerprint density at radius 3 is 2.28 bits per heavy atom. The summed E-state index contributed by atoms with van der Waals surface area (Å²) < 4.78 is 12.4. The second-order valence-electron chi connectivity index (χ2n) is 8.02. The third-order valence-corrected chi connectivity index (χ3v) is 6.41. The number of rotatable bonds is 10. The minimum absolute atomic E-state index is 0.0678. The molecule has 4 heteroatoms. The van der Waals surface area contributed by atoms with Gasteiger partial charge in [-0.3, -0.25) is 0 Å². The maximum atomic E-state index is 10.8. The molecule has 0 spiro atoms. The smallest absolute Gasteiger partial charge is 0.0836 e. The van der Waals surface area contributed by atoms with Gasteiger partial charge in [0.1, 0.15) is 0 Å². The number of hydrogen-bond acceptors (Lipinski definition) is 3. The number of alkyl halides is 1. The number of aryl methyl sites for hydroxylation is 1. The van der Waals surface area contributed by atoms with Gasteiger partial charge in [0.25, 0.3) is 0 Å². The van der Waals surface area contributed by atoms with Crippen molar-refractivity contribution in [1.29, 1.82) is 0 Å². The Morgan fingerprint density at radius 1 is 1.00 bits per heavy atom. The molecule has 1 fully saturated rings. The van der Waals surface area contributed by atoms with Gasteiger partial charge in [0.05, 0.1) is 31.0 Å². The summed E-state index contributed by atoms with van der Waals surface area (Å²) in [4.78, 5) is 0.444. The minimum atomic E-state index is -0.513. The fourth-order valence-electron chi connectivity index (χ4n) is 4.06. The quantitative estimate of drug-likeness (QED) is 0.463. The molecule has 0 bridgehead atoms. The Bertz CT molecular complexity index is 694. The molecule has 0 radical (unpaired) electrons. The van der Waals surface area contributed by atoms with E-state index in [9.17, 15) is 5.11 Å². The highest BCUT2D eigenvalue weighted by Gasteiger charge is 2.31. The van der Waals surface area contributed by atoms with E-state index in [4.69, 9.17) is 9.47 Å². The molecule has 3 nitrogen and oxygen atoms in total. The van der Waals surface area contributed by atoms with Crippen molar-refractivity contribution in [3.63, 3.8) is 0 Å². The molecule has 0 amide bonds. The zero-order chi connectivity index (χ0) is 20.5. The Labute approximate surface area is 183 Å². The van der Waals surface area contributed by atoms with Gasteiger partial charge in [-0.1, -0.05) is 83.5 Å². The third kappa shape index (κ3) is 7.53. The SMILES string of the molecule is CCC(OCc1ccccc1)C(O)C[C@@H]1CC(Br)C[C@H](CCc2ccccc2)O1. The Morgan fingerprint density at radius 2 is 1.62 bits per heavy atom. The van der Waals surface area contributed by atoms with Gasteiger partial charge in [-0.15, -0.1) is 0 Å². The Kier molecular flexibility index (Phi) is 9.19. The van der Waals surface area contributed by atoms with Crippen molar-refractivity contribution in [2.45, 2.75) is 81.3 Å². The summed E-state index contributed by atoms with van der Waals surface area (Å²) >= 11 is 3.81. The molecule has 3 rings (SSSR count). The van der Waals surface area contributed by atoms with Gasteiger partial charge in [0.2, 0.25) is 0 Å². The van der Waals surface area contributed by atoms with Crippen molar-refractivity contribution >= 4 is 15.9 Å². The van der Waals surface area contributed by atoms with Crippen molar-refractivity contribution in [3.05, 3.63) is 71.8 Å². The lowest BCUT2D eigenvalue weighted by molar-refractivity contribution is -0.101. The predicted molar refractivity (Wildman–Crippen MR) is 121 cm³/mol. The molecule has 1 saturated heterocycles. The summed E-state index contributed by atoms with van der Waals surface area (Å²) in [6.45, 7) is 2.60. The molecule has 29 heavy (non-hydrogen) atoms. The first kappa shape index (κ1) is 22.5. The number of aliphatic hydroxyl groups is 1. The van der Waals surface area contributed by atoms with Gasteiger partial charge >= 0.3 is 0 Å². The number of halogens is 1. The number of aliphatic hydroxyl groups excluding tert-OH is 1. The summed E-state index contributed by atoms with van der Waals surface area (Å²) in [5.41, 5.74) is 2.48. The van der Waals surface area contributed by atoms with Crippen LogP contribution in [0.25, 0.3) is 0 Å². The summed E-state index contributed by atoms with van der Waals surface area (Å²) in [6, 6.07) is 20.7. The lowest BCUT2D eigenvalue weighted by Crippen LogP contribution is -2.39. The standard InChI is InChI=1S/C25H33BrO3/c1-2-25(28-18-20-11-7-4-8-12-20)24(27)17-23-16-21(26)15-22(29-23)14-13-19-9-5-3-6-10-19/h3-12,21-25,27H,2,13-18H2,1H3/t21?,22-,23-,24?,25?/m0/s1. The van der Waals surface area contributed by atoms with Gasteiger partial charge in [0.15, 0.2) is 0 Å². The highest BCUT2D eigenvalue weighted by Crippen LogP contribution is 2.30. The topological polar surface area (TPSA) is 38.7 Å². The molecule has 1 aliphatic rings. The summed E-state index contributed by atoms with van der Waals surface area (Å²) in [5, 5.41) is 10.8. The average Bonchev–Trinajstić information content (AvgIpc) is 2.74. The van der Waals surface area contributed by atoms with Crippen molar-refractivity contribution < 1.29 is 14.6 Å². The van der Waals surface area contributed by atoms with E-state index < -0.39 is 6.10 Å². The maximum Gasteiger partial charge on any atom is 0.0836 e. The van der Waals surface area contributed by atoms with Crippen molar-refractivity contribution in [2.75, 3.05) is 0 Å². The fourth-order valence-corrected chi connectivity index (χ4v) is 4.89. The van der Waals surface area contributed by atoms with E-state index in [-0.39, 0.29) is 18.3 Å². The molecule has 158 valence electrons. The minimum Gasteiger partial charge on any atom is -0.390 e. The lowest BCUT2D eigenvalue weighted by atomic mass is 9.94. The van der Waals surface area contributed by atoms with E-state index in [1.165, 1.54) is 5.56 Å². The zero-order valence-corrected chi connectivity index (χ0v) is 18.8. The van der Waals surface area contributed by atoms with Crippen LogP contribution in [0.1, 0.15) is 50.2 Å². The van der Waals surface area contributed by atoms with Gasteiger partial charge in [-0.25, -0.2) is 0 Å². The summed E-state index contributed by atoms with van der Waals surface area (Å²) in [7, 11) is 0. The highest BCUT2D eigenvalue weighted by molar-refractivity contribution is 9.09. The maximum absolute atomic E-state index is 10.8. The van der Waals surface area contributed by atoms with Crippen LogP contribution in [0.5, 0.6) is 0 Å². The molecule has 2 aromatic rings. The Balaban J connectivity index is 1.47. The van der Waals surface area contributed by atoms with Crippen LogP contribution in [0.4, 0.5) is 0 Å². The van der Waals surface area contributed by atoms with Gasteiger partial charge in [-0.05, 0) is 43.2 Å². The lowest BCUT2D eigenvalue weighted by Gasteiger charge is -2.35. The van der Waals surface area contributed by atoms with Crippen LogP contribution in [-0.2, 0) is 22.5 Å². The number of hydrogen-bond donors (Lipinski definition) is 1. The van der Waals surface area contributed by atoms with Crippen LogP contribution < -0.4 is 0 Å². The first-order chi connectivity index (χ1) is 14.1.